The van der Waals surface area contributed by atoms with Crippen LogP contribution in [0.15, 0.2) is 263 Å². The second-order valence-electron chi connectivity index (χ2n) is 31.1. The van der Waals surface area contributed by atoms with Crippen LogP contribution in [0.3, 0.4) is 0 Å². The van der Waals surface area contributed by atoms with Crippen LogP contribution >= 0.6 is 222 Å². The van der Waals surface area contributed by atoms with Gasteiger partial charge in [0.2, 0.25) is 0 Å². The predicted molar refractivity (Wildman–Crippen MR) is 592 cm³/mol. The average molecular weight is 2820 g/mol. The predicted octanol–water partition coefficient (Wildman–Crippen LogP) is 31.9. The van der Waals surface area contributed by atoms with E-state index in [2.05, 4.69) is 77.6 Å². The van der Waals surface area contributed by atoms with Crippen molar-refractivity contribution in [1.82, 2.24) is 0 Å². The Labute approximate surface area is 892 Å². The molecule has 6 N–H and O–H groups in total. The number of hydrogen-bond donors (Lipinski definition) is 6. The highest BCUT2D eigenvalue weighted by Gasteiger charge is 2.31. The first-order valence-corrected chi connectivity index (χ1v) is 51.7. The molecule has 0 amide bonds. The van der Waals surface area contributed by atoms with Crippen molar-refractivity contribution in [2.24, 2.45) is 5.92 Å². The van der Waals surface area contributed by atoms with Gasteiger partial charge in [0.05, 0.1) is 76.3 Å². The van der Waals surface area contributed by atoms with Gasteiger partial charge < -0.3 is 57.1 Å². The first-order valence-electron chi connectivity index (χ1n) is 41.0. The summed E-state index contributed by atoms with van der Waals surface area (Å²) in [7, 11) is 0. The van der Waals surface area contributed by atoms with Gasteiger partial charge in [0.15, 0.2) is 34.7 Å². The SMILES string of the molecule is CC(C)Cc1oc2ccccc2c1C(=O)c1cc(I)c(O)c(I)c1.CC(C)c1oc2ccccc2c1C(=O)c1cc(Br)c(O)c(Br)c1.CCc1oc2cc(C)ccc2c1C(=O)c1cc(Br)c(O)c(Br)c1.CCc1oc2ccccc2c1C(=O)c1cc(I)c(O)c(I)c1.Cc1oc2ccccc2c1C(=O)c1cc(I)c(O)c(I)c1.Cc1oc2ccccc2c1C(=O)c1ccc(O)c(I)c1. The zero-order chi connectivity index (χ0) is 96.2. The van der Waals surface area contributed by atoms with E-state index in [1.165, 1.54) is 6.07 Å². The molecule has 0 saturated carbocycles. The number of benzene rings is 12. The quantitative estimate of drug-likeness (QED) is 0.0364. The molecule has 0 aliphatic carbocycles. The minimum absolute atomic E-state index is 0.0635. The molecule has 133 heavy (non-hydrogen) atoms. The van der Waals surface area contributed by atoms with Crippen molar-refractivity contribution in [2.75, 3.05) is 0 Å². The summed E-state index contributed by atoms with van der Waals surface area (Å²) in [4.78, 5) is 77.7. The van der Waals surface area contributed by atoms with E-state index in [4.69, 9.17) is 26.5 Å². The summed E-state index contributed by atoms with van der Waals surface area (Å²) in [5, 5.41) is 63.8. The summed E-state index contributed by atoms with van der Waals surface area (Å²) in [6.45, 7) is 17.7. The van der Waals surface area contributed by atoms with E-state index in [1.807, 2.05) is 332 Å². The fourth-order valence-corrected chi connectivity index (χ4v) is 23.0. The molecule has 0 unspecified atom stereocenters. The van der Waals surface area contributed by atoms with E-state index >= 15 is 0 Å². The Bertz CT molecular complexity index is 7520. The third-order valence-corrected chi connectivity index (χ3v) is 29.4. The van der Waals surface area contributed by atoms with Gasteiger partial charge in [0.1, 0.15) is 103 Å². The van der Waals surface area contributed by atoms with Crippen molar-refractivity contribution < 1.29 is 85.9 Å². The lowest BCUT2D eigenvalue weighted by Crippen LogP contribution is -2.06. The third kappa shape index (κ3) is 22.6. The Morgan fingerprint density at radius 2 is 0.571 bits per heavy atom. The Morgan fingerprint density at radius 3 is 0.925 bits per heavy atom. The standard InChI is InChI=1S/C19H16I2O3.2C18H14Br2O3.C17H12I2O3.C16H10I2O3.C16H11IO3/c1-10(2)7-16-17(12-5-3-4-6-15(12)24-16)18(22)11-8-13(20)19(23)14(21)9-11;1-9(2)18-15(11-5-3-4-6-14(11)23-18)16(21)10-7-12(19)17(22)13(20)8-10;1-3-14-16(11-5-4-9(2)6-15(11)23-14)17(21)10-7-12(19)18(22)13(20)8-10;1-2-13-15(10-5-3-4-6-14(10)22-13)16(20)9-7-11(18)17(21)12(19)8-9;1-8-14(10-4-2-3-5-13(10)21-8)15(19)9-6-11(17)16(20)12(18)7-9;1-9-15(11-4-2-3-5-14(11)20-9)16(19)10-6-7-13(18)12(17)8-10/h3-6,8-10,23H,7H2,1-2H3;3-9,22H,1-2H3;4-8,22H,3H2,1-2H3;3-8,21H,2H2,1H3;2-7,20H,1H3;2-8,18H,1H3. The molecule has 0 atom stereocenters. The molecule has 29 heteroatoms. The van der Waals surface area contributed by atoms with Gasteiger partial charge in [0.25, 0.3) is 0 Å². The van der Waals surface area contributed by atoms with Crippen LogP contribution in [-0.2, 0) is 19.3 Å². The Hall–Kier alpha value is -8.27. The molecule has 6 aromatic heterocycles. The molecule has 18 aromatic rings. The summed E-state index contributed by atoms with van der Waals surface area (Å²) in [5.41, 5.74) is 12.2. The molecule has 0 saturated heterocycles. The number of hydrogen-bond acceptors (Lipinski definition) is 18. The van der Waals surface area contributed by atoms with Crippen molar-refractivity contribution in [3.05, 3.63) is 368 Å². The first kappa shape index (κ1) is 102. The number of rotatable bonds is 17. The minimum atomic E-state index is -0.125. The molecule has 0 fully saturated rings. The van der Waals surface area contributed by atoms with E-state index in [-0.39, 0.29) is 75.1 Å². The van der Waals surface area contributed by atoms with Gasteiger partial charge in [0, 0.05) is 90.9 Å². The topological polar surface area (TPSA) is 303 Å². The van der Waals surface area contributed by atoms with Crippen LogP contribution in [0.1, 0.15) is 183 Å². The van der Waals surface area contributed by atoms with Crippen LogP contribution in [0.2, 0.25) is 0 Å². The lowest BCUT2D eigenvalue weighted by Gasteiger charge is -2.08. The number of fused-ring (bicyclic) bond motifs is 6. The van der Waals surface area contributed by atoms with Crippen LogP contribution in [0.4, 0.5) is 0 Å². The molecule has 0 bridgehead atoms. The van der Waals surface area contributed by atoms with Crippen molar-refractivity contribution >= 4 is 322 Å². The summed E-state index contributed by atoms with van der Waals surface area (Å²) < 4.78 is 41.3. The highest BCUT2D eigenvalue weighted by molar-refractivity contribution is 14.1. The van der Waals surface area contributed by atoms with Gasteiger partial charge in [-0.1, -0.05) is 145 Å². The summed E-state index contributed by atoms with van der Waals surface area (Å²) in [5.74, 6) is 4.88. The van der Waals surface area contributed by atoms with Crippen LogP contribution < -0.4 is 0 Å². The van der Waals surface area contributed by atoms with E-state index < -0.39 is 0 Å². The van der Waals surface area contributed by atoms with Crippen LogP contribution in [0.5, 0.6) is 34.5 Å². The van der Waals surface area contributed by atoms with Crippen molar-refractivity contribution in [3.8, 4) is 34.5 Å². The van der Waals surface area contributed by atoms with Crippen molar-refractivity contribution in [1.29, 1.82) is 0 Å². The second-order valence-corrected chi connectivity index (χ2v) is 42.7. The normalized spacial score (nSPS) is 11.1. The molecule has 0 spiro atoms. The summed E-state index contributed by atoms with van der Waals surface area (Å²) in [6, 6.07) is 65.1. The first-order chi connectivity index (χ1) is 63.3. The van der Waals surface area contributed by atoms with Crippen molar-refractivity contribution in [3.63, 3.8) is 0 Å². The van der Waals surface area contributed by atoms with Crippen LogP contribution in [-0.4, -0.2) is 65.3 Å². The maximum absolute atomic E-state index is 13.2. The number of phenols is 6. The Balaban J connectivity index is 0.000000136. The lowest BCUT2D eigenvalue weighted by molar-refractivity contribution is 0.102. The number of furan rings is 6. The minimum Gasteiger partial charge on any atom is -0.507 e. The number of ketones is 6. The lowest BCUT2D eigenvalue weighted by atomic mass is 9.96. The fourth-order valence-electron chi connectivity index (χ4n) is 14.8. The number of phenolic OH excluding ortho intramolecular Hbond substituents is 6. The molecule has 678 valence electrons. The van der Waals surface area contributed by atoms with Crippen LogP contribution in [0, 0.1) is 51.7 Å². The smallest absolute Gasteiger partial charge is 0.197 e. The zero-order valence-corrected chi connectivity index (χ0v) is 93.2. The van der Waals surface area contributed by atoms with Gasteiger partial charge in [-0.05, 0) is 369 Å². The van der Waals surface area contributed by atoms with Gasteiger partial charge in [-0.2, -0.15) is 0 Å². The highest BCUT2D eigenvalue weighted by Crippen LogP contribution is 2.43. The van der Waals surface area contributed by atoms with Gasteiger partial charge in [-0.3, -0.25) is 28.8 Å². The fraction of sp³-hybridized carbons (Fsp3) is 0.135. The number of carbonyl (C=O) groups is 6. The van der Waals surface area contributed by atoms with Gasteiger partial charge >= 0.3 is 0 Å². The van der Waals surface area contributed by atoms with E-state index in [0.717, 1.165) is 60.4 Å². The molecular formula is C104H77Br4I7O18. The second kappa shape index (κ2) is 44.5. The molecule has 6 heterocycles. The summed E-state index contributed by atoms with van der Waals surface area (Å²) in [6.07, 6.45) is 2.00. The van der Waals surface area contributed by atoms with Gasteiger partial charge in [-0.25, -0.2) is 0 Å². The Morgan fingerprint density at radius 1 is 0.293 bits per heavy atom. The van der Waals surface area contributed by atoms with E-state index in [0.29, 0.717) is 180 Å². The van der Waals surface area contributed by atoms with Crippen LogP contribution in [0.25, 0.3) is 65.8 Å². The monoisotopic (exact) mass is 2820 g/mol. The highest BCUT2D eigenvalue weighted by atomic mass is 127. The number of para-hydroxylation sites is 5. The molecular weight excluding hydrogens is 2750 g/mol. The summed E-state index contributed by atoms with van der Waals surface area (Å²) >= 11 is 27.3. The molecule has 0 aliphatic rings. The largest absolute Gasteiger partial charge is 0.507 e. The number of aryl methyl sites for hydroxylation is 5. The van der Waals surface area contributed by atoms with E-state index in [9.17, 15) is 59.4 Å². The van der Waals surface area contributed by atoms with Crippen molar-refractivity contribution in [2.45, 2.75) is 87.5 Å². The third-order valence-electron chi connectivity index (χ3n) is 21.1. The maximum Gasteiger partial charge on any atom is 0.197 e. The average Bonchev–Trinajstić information content (AvgIpc) is 1.62. The number of aromatic hydroxyl groups is 6. The Kier molecular flexibility index (Phi) is 34.1. The molecule has 0 radical (unpaired) electrons. The molecule has 18 rings (SSSR count). The maximum atomic E-state index is 13.2. The number of halogens is 11. The number of carbonyl (C=O) groups excluding carboxylic acids is 6. The molecule has 0 aliphatic heterocycles. The molecule has 18 nitrogen and oxygen atoms in total. The molecule has 12 aromatic carbocycles. The zero-order valence-electron chi connectivity index (χ0n) is 71.8. The van der Waals surface area contributed by atoms with E-state index in [1.54, 1.807) is 86.6 Å². The van der Waals surface area contributed by atoms with Gasteiger partial charge in [-0.15, -0.1) is 0 Å².